The van der Waals surface area contributed by atoms with E-state index in [-0.39, 0.29) is 28.8 Å². The average Bonchev–Trinajstić information content (AvgIpc) is 3.34. The Morgan fingerprint density at radius 2 is 1.85 bits per heavy atom. The molecule has 0 aromatic heterocycles. The molecule has 4 aliphatic carbocycles. The van der Waals surface area contributed by atoms with Crippen molar-refractivity contribution in [1.82, 2.24) is 10.2 Å². The topological polar surface area (TPSA) is 83.4 Å². The number of nitrogens with zero attached hydrogens (tertiary/aromatic N) is 2. The number of aliphatic hydroxyl groups is 1. The van der Waals surface area contributed by atoms with E-state index in [2.05, 4.69) is 74.2 Å². The van der Waals surface area contributed by atoms with E-state index in [9.17, 15) is 9.90 Å². The lowest BCUT2D eigenvalue weighted by Gasteiger charge is -2.58. The number of methoxy groups -OCH3 is 1. The van der Waals surface area contributed by atoms with E-state index in [0.717, 1.165) is 82.2 Å². The molecule has 7 heteroatoms. The third-order valence-electron chi connectivity index (χ3n) is 14.2. The number of hydrogen-bond donors (Lipinski definition) is 2. The van der Waals surface area contributed by atoms with Crippen molar-refractivity contribution in [2.75, 3.05) is 33.9 Å². The van der Waals surface area contributed by atoms with Crippen LogP contribution in [0.25, 0.3) is 0 Å². The fraction of sp³-hybridized carbons (Fsp3) is 0.700. The largest absolute Gasteiger partial charge is 0.497 e. The normalized spacial score (nSPS) is 40.8. The van der Waals surface area contributed by atoms with Crippen molar-refractivity contribution < 1.29 is 19.5 Å². The summed E-state index contributed by atoms with van der Waals surface area (Å²) in [6.45, 7) is 10.9. The molecule has 256 valence electrons. The number of amides is 1. The van der Waals surface area contributed by atoms with Gasteiger partial charge in [-0.3, -0.25) is 4.79 Å². The van der Waals surface area contributed by atoms with Gasteiger partial charge < -0.3 is 24.9 Å². The molecule has 1 aromatic rings. The molecule has 4 fully saturated rings. The van der Waals surface area contributed by atoms with Crippen LogP contribution in [0.2, 0.25) is 0 Å². The van der Waals surface area contributed by atoms with Gasteiger partial charge in [0, 0.05) is 30.0 Å². The average molecular weight is 644 g/mol. The Morgan fingerprint density at radius 3 is 2.57 bits per heavy atom. The summed E-state index contributed by atoms with van der Waals surface area (Å²) in [5, 5.41) is 18.9. The van der Waals surface area contributed by atoms with Crippen LogP contribution in [0.3, 0.4) is 0 Å². The maximum atomic E-state index is 12.9. The number of carbonyl (C=O) groups is 1. The summed E-state index contributed by atoms with van der Waals surface area (Å²) in [7, 11) is 3.90. The fourth-order valence-electron chi connectivity index (χ4n) is 11.0. The monoisotopic (exact) mass is 643 g/mol. The summed E-state index contributed by atoms with van der Waals surface area (Å²) >= 11 is 0. The quantitative estimate of drug-likeness (QED) is 0.250. The van der Waals surface area contributed by atoms with Gasteiger partial charge >= 0.3 is 0 Å². The lowest BCUT2D eigenvalue weighted by Crippen LogP contribution is -2.54. The number of carbonyl (C=O) groups excluding carboxylic acids is 1. The summed E-state index contributed by atoms with van der Waals surface area (Å²) in [5.41, 5.74) is 2.74. The van der Waals surface area contributed by atoms with E-state index in [1.807, 2.05) is 12.1 Å². The van der Waals surface area contributed by atoms with E-state index in [1.165, 1.54) is 11.1 Å². The number of nitrogens with one attached hydrogen (secondary N) is 1. The number of allylic oxidation sites excluding steroid dienone is 2. The summed E-state index contributed by atoms with van der Waals surface area (Å²) in [5.74, 6) is 5.70. The first-order chi connectivity index (χ1) is 22.4. The molecule has 1 saturated heterocycles. The number of oxime groups is 1. The smallest absolute Gasteiger partial charge is 0.260 e. The van der Waals surface area contributed by atoms with Gasteiger partial charge in [-0.25, -0.2) is 0 Å². The summed E-state index contributed by atoms with van der Waals surface area (Å²) < 4.78 is 5.42. The highest BCUT2D eigenvalue weighted by Crippen LogP contribution is 2.67. The van der Waals surface area contributed by atoms with Crippen LogP contribution in [-0.4, -0.2) is 67.1 Å². The number of fused-ring (bicyclic) bond motifs is 5. The van der Waals surface area contributed by atoms with E-state index >= 15 is 0 Å². The molecule has 2 N–H and O–H groups in total. The molecule has 0 unspecified atom stereocenters. The van der Waals surface area contributed by atoms with Crippen molar-refractivity contribution in [3.05, 3.63) is 41.5 Å². The minimum atomic E-state index is -0.961. The number of hydrogen-bond acceptors (Lipinski definition) is 6. The lowest BCUT2D eigenvalue weighted by atomic mass is 9.46. The second kappa shape index (κ2) is 12.9. The van der Waals surface area contributed by atoms with E-state index in [1.54, 1.807) is 7.11 Å². The zero-order valence-corrected chi connectivity index (χ0v) is 29.6. The minimum Gasteiger partial charge on any atom is -0.497 e. The summed E-state index contributed by atoms with van der Waals surface area (Å²) in [4.78, 5) is 21.0. The minimum absolute atomic E-state index is 0.0241. The number of rotatable bonds is 8. The van der Waals surface area contributed by atoms with Gasteiger partial charge in [0.25, 0.3) is 5.91 Å². The van der Waals surface area contributed by atoms with Crippen LogP contribution in [0.4, 0.5) is 0 Å². The van der Waals surface area contributed by atoms with Crippen molar-refractivity contribution in [3.63, 3.8) is 0 Å². The molecule has 1 aliphatic heterocycles. The molecular weight excluding hydrogens is 586 g/mol. The first-order valence-corrected chi connectivity index (χ1v) is 18.1. The van der Waals surface area contributed by atoms with Gasteiger partial charge in [0.05, 0.1) is 12.8 Å². The van der Waals surface area contributed by atoms with Crippen molar-refractivity contribution in [2.45, 2.75) is 109 Å². The van der Waals surface area contributed by atoms with Gasteiger partial charge in [0.15, 0.2) is 6.61 Å². The van der Waals surface area contributed by atoms with Crippen molar-refractivity contribution in [3.8, 4) is 18.1 Å². The van der Waals surface area contributed by atoms with E-state index in [4.69, 9.17) is 16.0 Å². The Bertz CT molecular complexity index is 1430. The second-order valence-corrected chi connectivity index (χ2v) is 16.2. The maximum absolute atomic E-state index is 12.9. The number of piperidine rings is 1. The van der Waals surface area contributed by atoms with Crippen molar-refractivity contribution in [2.24, 2.45) is 39.7 Å². The lowest BCUT2D eigenvalue weighted by molar-refractivity contribution is -0.125. The second-order valence-electron chi connectivity index (χ2n) is 16.2. The molecule has 6 rings (SSSR count). The SMILES string of the molecule is C#C[C@]1(O)CC[C@@H]2[C@@H]3CCC4=CC(=NOCC(=O)NCC[C@]5(c6ccc(OC)cc6)C[C@H](C)N(C)C[C@H]5C)CC[C@@]4(C)[C@H]3CC[C@]21C. The van der Waals surface area contributed by atoms with Gasteiger partial charge in [-0.05, 0) is 131 Å². The Kier molecular flexibility index (Phi) is 9.35. The Labute approximate surface area is 282 Å². The number of benzene rings is 1. The number of terminal acetylenes is 1. The molecule has 1 amide bonds. The Hall–Kier alpha value is -2.82. The van der Waals surface area contributed by atoms with Crippen LogP contribution in [0, 0.1) is 46.8 Å². The predicted molar refractivity (Wildman–Crippen MR) is 187 cm³/mol. The van der Waals surface area contributed by atoms with E-state index < -0.39 is 5.60 Å². The predicted octanol–water partition coefficient (Wildman–Crippen LogP) is 6.50. The van der Waals surface area contributed by atoms with E-state index in [0.29, 0.717) is 36.3 Å². The molecule has 3 saturated carbocycles. The highest BCUT2D eigenvalue weighted by atomic mass is 16.6. The Balaban J connectivity index is 1.04. The van der Waals surface area contributed by atoms with Gasteiger partial charge in [-0.1, -0.05) is 49.6 Å². The van der Waals surface area contributed by atoms with Crippen molar-refractivity contribution in [1.29, 1.82) is 0 Å². The van der Waals surface area contributed by atoms with Gasteiger partial charge in [-0.2, -0.15) is 0 Å². The van der Waals surface area contributed by atoms with Crippen LogP contribution >= 0.6 is 0 Å². The molecule has 1 heterocycles. The standard InChI is InChI=1S/C40H57N3O4/c1-8-40(45)20-17-35-33-14-11-30-23-31(15-18-37(30,4)34(33)16-19-38(35,40)5)42-47-26-36(44)41-22-21-39(24-28(3)43(6)25-27(39)2)29-9-12-32(46-7)13-10-29/h1,9-10,12-13,23,27-28,33-35,45H,11,14-22,24-26H2,2-7H3,(H,41,44)/t27-,28+,33-,34+,35-,37-,38-,39+,40+/m1/s1. The zero-order chi connectivity index (χ0) is 33.6. The first-order valence-electron chi connectivity index (χ1n) is 18.1. The molecule has 9 atom stereocenters. The van der Waals surface area contributed by atoms with Crippen LogP contribution in [0.1, 0.15) is 97.5 Å². The number of ether oxygens (including phenoxy) is 1. The van der Waals surface area contributed by atoms with Crippen LogP contribution < -0.4 is 10.1 Å². The van der Waals surface area contributed by atoms with Gasteiger partial charge in [-0.15, -0.1) is 6.42 Å². The zero-order valence-electron chi connectivity index (χ0n) is 29.6. The van der Waals surface area contributed by atoms with Gasteiger partial charge in [0.2, 0.25) is 0 Å². The molecule has 5 aliphatic rings. The van der Waals surface area contributed by atoms with Crippen LogP contribution in [-0.2, 0) is 15.0 Å². The molecule has 47 heavy (non-hydrogen) atoms. The third-order valence-corrected chi connectivity index (χ3v) is 14.2. The van der Waals surface area contributed by atoms with Crippen LogP contribution in [0.5, 0.6) is 5.75 Å². The highest BCUT2D eigenvalue weighted by Gasteiger charge is 2.63. The van der Waals surface area contributed by atoms with Gasteiger partial charge in [0.1, 0.15) is 11.4 Å². The molecule has 0 bridgehead atoms. The maximum Gasteiger partial charge on any atom is 0.260 e. The molecular formula is C40H57N3O4. The number of likely N-dealkylation sites (tertiary alicyclic amines) is 1. The molecule has 0 radical (unpaired) electrons. The van der Waals surface area contributed by atoms with Crippen LogP contribution in [0.15, 0.2) is 41.1 Å². The highest BCUT2D eigenvalue weighted by molar-refractivity contribution is 5.96. The summed E-state index contributed by atoms with van der Waals surface area (Å²) in [6.07, 6.45) is 18.0. The summed E-state index contributed by atoms with van der Waals surface area (Å²) in [6, 6.07) is 8.95. The first kappa shape index (κ1) is 34.1. The van der Waals surface area contributed by atoms with Crippen molar-refractivity contribution >= 4 is 11.6 Å². The third kappa shape index (κ3) is 5.82. The molecule has 0 spiro atoms. The molecule has 1 aromatic carbocycles. The molecule has 7 nitrogen and oxygen atoms in total. The Morgan fingerprint density at radius 1 is 1.11 bits per heavy atom. The fourth-order valence-corrected chi connectivity index (χ4v) is 11.0.